The van der Waals surface area contributed by atoms with Crippen LogP contribution >= 0.6 is 0 Å². The van der Waals surface area contributed by atoms with Crippen LogP contribution in [-0.2, 0) is 21.1 Å². The molecule has 1 unspecified atom stereocenters. The number of nitrogens with one attached hydrogen (secondary N) is 1. The minimum absolute atomic E-state index is 0.0244. The third-order valence-electron chi connectivity index (χ3n) is 5.16. The minimum atomic E-state index is -3.82. The molecular weight excluding hydrogens is 413 g/mol. The smallest absolute Gasteiger partial charge is 0.220 e. The van der Waals surface area contributed by atoms with E-state index in [0.29, 0.717) is 18.4 Å². The highest BCUT2D eigenvalue weighted by molar-refractivity contribution is 7.91. The highest BCUT2D eigenvalue weighted by Crippen LogP contribution is 2.28. The molecule has 0 aliphatic rings. The number of rotatable bonds is 9. The van der Waals surface area contributed by atoms with Gasteiger partial charge in [-0.05, 0) is 55.2 Å². The molecule has 162 valence electrons. The number of carbonyl (C=O) groups excluding carboxylic acids is 1. The molecule has 0 aromatic heterocycles. The van der Waals surface area contributed by atoms with E-state index >= 15 is 0 Å². The Morgan fingerprint density at radius 3 is 2.23 bits per heavy atom. The molecule has 4 nitrogen and oxygen atoms in total. The van der Waals surface area contributed by atoms with Gasteiger partial charge >= 0.3 is 0 Å². The topological polar surface area (TPSA) is 63.2 Å². The number of carbonyl (C=O) groups is 1. The molecule has 31 heavy (non-hydrogen) atoms. The van der Waals surface area contributed by atoms with Gasteiger partial charge < -0.3 is 5.32 Å². The predicted molar refractivity (Wildman–Crippen MR) is 120 cm³/mol. The monoisotopic (exact) mass is 439 g/mol. The lowest BCUT2D eigenvalue weighted by atomic mass is 10.1. The molecule has 0 aliphatic heterocycles. The summed E-state index contributed by atoms with van der Waals surface area (Å²) in [6, 6.07) is 21.7. The lowest BCUT2D eigenvalue weighted by Gasteiger charge is -2.19. The van der Waals surface area contributed by atoms with E-state index in [0.717, 1.165) is 18.6 Å². The zero-order chi connectivity index (χ0) is 22.3. The summed E-state index contributed by atoms with van der Waals surface area (Å²) in [5, 5.41) is 1.81. The van der Waals surface area contributed by atoms with Crippen LogP contribution in [0.3, 0.4) is 0 Å². The van der Waals surface area contributed by atoms with Crippen molar-refractivity contribution < 1.29 is 17.6 Å². The fourth-order valence-corrected chi connectivity index (χ4v) is 5.03. The number of hydrogen-bond acceptors (Lipinski definition) is 3. The summed E-state index contributed by atoms with van der Waals surface area (Å²) < 4.78 is 39.7. The van der Waals surface area contributed by atoms with Gasteiger partial charge in [0.25, 0.3) is 0 Å². The number of halogens is 1. The second-order valence-electron chi connectivity index (χ2n) is 7.54. The van der Waals surface area contributed by atoms with Crippen molar-refractivity contribution in [2.24, 2.45) is 0 Å². The first kappa shape index (κ1) is 22.7. The molecule has 0 bridgehead atoms. The summed E-state index contributed by atoms with van der Waals surface area (Å²) >= 11 is 0. The molecule has 0 saturated carbocycles. The van der Waals surface area contributed by atoms with Gasteiger partial charge in [-0.25, -0.2) is 12.8 Å². The van der Waals surface area contributed by atoms with Crippen molar-refractivity contribution >= 4 is 15.7 Å². The van der Waals surface area contributed by atoms with Gasteiger partial charge in [0.2, 0.25) is 5.91 Å². The van der Waals surface area contributed by atoms with E-state index in [-0.39, 0.29) is 17.3 Å². The highest BCUT2D eigenvalue weighted by atomic mass is 32.2. The zero-order valence-electron chi connectivity index (χ0n) is 17.4. The molecule has 0 saturated heterocycles. The van der Waals surface area contributed by atoms with E-state index in [9.17, 15) is 17.6 Å². The number of hydrogen-bond donors (Lipinski definition) is 1. The van der Waals surface area contributed by atoms with Crippen molar-refractivity contribution in [1.29, 1.82) is 0 Å². The molecule has 1 N–H and O–H groups in total. The summed E-state index contributed by atoms with van der Waals surface area (Å²) in [7, 11) is -3.82. The van der Waals surface area contributed by atoms with Gasteiger partial charge in [0, 0.05) is 13.0 Å². The first-order valence-electron chi connectivity index (χ1n) is 10.2. The predicted octanol–water partition coefficient (Wildman–Crippen LogP) is 4.79. The first-order chi connectivity index (χ1) is 14.9. The second-order valence-corrected chi connectivity index (χ2v) is 9.67. The van der Waals surface area contributed by atoms with Crippen molar-refractivity contribution in [2.45, 2.75) is 36.3 Å². The van der Waals surface area contributed by atoms with Gasteiger partial charge in [0.15, 0.2) is 9.84 Å². The molecular formula is C25H26FNO3S. The molecule has 3 rings (SSSR count). The van der Waals surface area contributed by atoms with E-state index < -0.39 is 20.9 Å². The average Bonchev–Trinajstić information content (AvgIpc) is 2.76. The summed E-state index contributed by atoms with van der Waals surface area (Å²) in [5.41, 5.74) is 2.93. The first-order valence-corrected chi connectivity index (χ1v) is 11.8. The number of sulfone groups is 1. The Balaban J connectivity index is 1.66. The minimum Gasteiger partial charge on any atom is -0.354 e. The molecule has 1 amide bonds. The van der Waals surface area contributed by atoms with Crippen LogP contribution in [0.5, 0.6) is 0 Å². The maximum absolute atomic E-state index is 13.3. The van der Waals surface area contributed by atoms with Crippen LogP contribution in [0.2, 0.25) is 0 Å². The maximum atomic E-state index is 13.3. The summed E-state index contributed by atoms with van der Waals surface area (Å²) in [4.78, 5) is 12.4. The zero-order valence-corrected chi connectivity index (χ0v) is 18.2. The van der Waals surface area contributed by atoms with E-state index in [1.165, 1.54) is 23.3 Å². The van der Waals surface area contributed by atoms with E-state index in [4.69, 9.17) is 0 Å². The van der Waals surface area contributed by atoms with Gasteiger partial charge in [0.05, 0.1) is 4.90 Å². The Kier molecular flexibility index (Phi) is 7.58. The summed E-state index contributed by atoms with van der Waals surface area (Å²) in [6.45, 7) is 1.98. The van der Waals surface area contributed by atoms with Gasteiger partial charge in [-0.1, -0.05) is 60.2 Å². The number of aryl methyl sites for hydroxylation is 2. The summed E-state index contributed by atoms with van der Waals surface area (Å²) in [6.07, 6.45) is 1.77. The normalized spacial score (nSPS) is 12.3. The van der Waals surface area contributed by atoms with Gasteiger partial charge in [-0.2, -0.15) is 0 Å². The van der Waals surface area contributed by atoms with Crippen LogP contribution in [0.15, 0.2) is 83.8 Å². The van der Waals surface area contributed by atoms with Crippen LogP contribution < -0.4 is 5.32 Å². The SMILES string of the molecule is Cc1ccc(CCCC(=O)NCC(c2ccccc2)S(=O)(=O)c2ccc(F)cc2)cc1. The van der Waals surface area contributed by atoms with Crippen molar-refractivity contribution in [3.05, 3.63) is 101 Å². The third-order valence-corrected chi connectivity index (χ3v) is 7.28. The Morgan fingerprint density at radius 2 is 1.58 bits per heavy atom. The fourth-order valence-electron chi connectivity index (χ4n) is 3.37. The van der Waals surface area contributed by atoms with Crippen molar-refractivity contribution in [3.8, 4) is 0 Å². The van der Waals surface area contributed by atoms with Gasteiger partial charge in [-0.3, -0.25) is 4.79 Å². The van der Waals surface area contributed by atoms with E-state index in [2.05, 4.69) is 5.32 Å². The van der Waals surface area contributed by atoms with E-state index in [1.807, 2.05) is 31.2 Å². The molecule has 3 aromatic rings. The Labute approximate surface area is 183 Å². The molecule has 0 heterocycles. The molecule has 3 aromatic carbocycles. The maximum Gasteiger partial charge on any atom is 0.220 e. The molecule has 1 atom stereocenters. The van der Waals surface area contributed by atoms with Crippen LogP contribution in [0.1, 0.15) is 34.8 Å². The van der Waals surface area contributed by atoms with Gasteiger partial charge in [-0.15, -0.1) is 0 Å². The van der Waals surface area contributed by atoms with Crippen LogP contribution in [-0.4, -0.2) is 20.9 Å². The molecule has 0 spiro atoms. The van der Waals surface area contributed by atoms with E-state index in [1.54, 1.807) is 30.3 Å². The third kappa shape index (κ3) is 6.25. The Hall–Kier alpha value is -2.99. The second kappa shape index (κ2) is 10.4. The lowest BCUT2D eigenvalue weighted by Crippen LogP contribution is -2.31. The quantitative estimate of drug-likeness (QED) is 0.488. The standard InChI is InChI=1S/C25H26FNO3S/c1-19-10-12-20(13-11-19)6-5-9-25(28)27-18-24(21-7-3-2-4-8-21)31(29,30)23-16-14-22(26)15-17-23/h2-4,7-8,10-17,24H,5-6,9,18H2,1H3,(H,27,28). The number of amides is 1. The summed E-state index contributed by atoms with van der Waals surface area (Å²) in [5.74, 6) is -0.695. The highest BCUT2D eigenvalue weighted by Gasteiger charge is 2.29. The van der Waals surface area contributed by atoms with Crippen molar-refractivity contribution in [2.75, 3.05) is 6.54 Å². The van der Waals surface area contributed by atoms with Crippen LogP contribution in [0.25, 0.3) is 0 Å². The molecule has 0 aliphatic carbocycles. The van der Waals surface area contributed by atoms with Crippen LogP contribution in [0, 0.1) is 12.7 Å². The largest absolute Gasteiger partial charge is 0.354 e. The van der Waals surface area contributed by atoms with Crippen LogP contribution in [0.4, 0.5) is 4.39 Å². The van der Waals surface area contributed by atoms with Gasteiger partial charge in [0.1, 0.15) is 11.1 Å². The molecule has 6 heteroatoms. The Bertz CT molecular complexity index is 1100. The average molecular weight is 440 g/mol. The fraction of sp³-hybridized carbons (Fsp3) is 0.240. The Morgan fingerprint density at radius 1 is 0.935 bits per heavy atom. The molecule has 0 fully saturated rings. The number of benzene rings is 3. The van der Waals surface area contributed by atoms with Crippen molar-refractivity contribution in [1.82, 2.24) is 5.32 Å². The lowest BCUT2D eigenvalue weighted by molar-refractivity contribution is -0.121. The molecule has 0 radical (unpaired) electrons. The van der Waals surface area contributed by atoms with Crippen molar-refractivity contribution in [3.63, 3.8) is 0 Å².